The summed E-state index contributed by atoms with van der Waals surface area (Å²) in [6, 6.07) is 4.09. The quantitative estimate of drug-likeness (QED) is 0.785. The van der Waals surface area contributed by atoms with E-state index in [1.54, 1.807) is 11.3 Å². The number of hydrogen-bond acceptors (Lipinski definition) is 5. The molecule has 1 fully saturated rings. The Kier molecular flexibility index (Phi) is 6.01. The first-order valence-electron chi connectivity index (χ1n) is 7.19. The molecule has 1 aromatic rings. The minimum absolute atomic E-state index is 0.180. The first-order valence-corrected chi connectivity index (χ1v) is 8.01. The summed E-state index contributed by atoms with van der Waals surface area (Å²) in [5.41, 5.74) is 0. The predicted molar refractivity (Wildman–Crippen MR) is 79.9 cm³/mol. The summed E-state index contributed by atoms with van der Waals surface area (Å²) in [6.07, 6.45) is 3.04. The number of hydrogen-bond donors (Lipinski definition) is 1. The number of methoxy groups -OCH3 is 1. The standard InChI is InChI=1S/C15H23NO3S/c1-3-14-11(6-7-19-14)9-16-10-13-5-4-12(20-13)8-15(17)18-2/h4-5,11,14,16H,3,6-10H2,1-2H3. The Hall–Kier alpha value is -0.910. The van der Waals surface area contributed by atoms with Crippen LogP contribution >= 0.6 is 11.3 Å². The summed E-state index contributed by atoms with van der Waals surface area (Å²) in [4.78, 5) is 13.5. The van der Waals surface area contributed by atoms with Crippen LogP contribution in [0.3, 0.4) is 0 Å². The molecule has 112 valence electrons. The van der Waals surface area contributed by atoms with Gasteiger partial charge in [0.15, 0.2) is 0 Å². The third kappa shape index (κ3) is 4.30. The van der Waals surface area contributed by atoms with Gasteiger partial charge in [0.25, 0.3) is 0 Å². The van der Waals surface area contributed by atoms with Crippen molar-refractivity contribution in [3.8, 4) is 0 Å². The molecule has 1 saturated heterocycles. The Morgan fingerprint density at radius 1 is 1.50 bits per heavy atom. The highest BCUT2D eigenvalue weighted by Gasteiger charge is 2.25. The third-order valence-corrected chi connectivity index (χ3v) is 4.80. The molecule has 2 unspecified atom stereocenters. The van der Waals surface area contributed by atoms with Gasteiger partial charge in [0.05, 0.1) is 19.6 Å². The molecule has 20 heavy (non-hydrogen) atoms. The van der Waals surface area contributed by atoms with E-state index in [0.717, 1.165) is 37.4 Å². The molecule has 1 aliphatic rings. The van der Waals surface area contributed by atoms with Crippen LogP contribution in [0.2, 0.25) is 0 Å². The SMILES string of the molecule is CCC1OCCC1CNCc1ccc(CC(=O)OC)s1. The van der Waals surface area contributed by atoms with E-state index in [2.05, 4.69) is 23.0 Å². The molecule has 2 atom stereocenters. The Morgan fingerprint density at radius 3 is 3.05 bits per heavy atom. The molecule has 0 saturated carbocycles. The van der Waals surface area contributed by atoms with Crippen LogP contribution in [0.5, 0.6) is 0 Å². The van der Waals surface area contributed by atoms with E-state index < -0.39 is 0 Å². The van der Waals surface area contributed by atoms with E-state index in [4.69, 9.17) is 4.74 Å². The van der Waals surface area contributed by atoms with Crippen LogP contribution in [0.15, 0.2) is 12.1 Å². The second-order valence-corrected chi connectivity index (χ2v) is 6.37. The summed E-state index contributed by atoms with van der Waals surface area (Å²) < 4.78 is 10.4. The van der Waals surface area contributed by atoms with Crippen LogP contribution in [0.25, 0.3) is 0 Å². The number of esters is 1. The summed E-state index contributed by atoms with van der Waals surface area (Å²) in [7, 11) is 1.42. The number of nitrogens with one attached hydrogen (secondary N) is 1. The van der Waals surface area contributed by atoms with Crippen molar-refractivity contribution in [2.45, 2.75) is 38.8 Å². The van der Waals surface area contributed by atoms with Gasteiger partial charge in [0, 0.05) is 29.5 Å². The maximum absolute atomic E-state index is 11.2. The van der Waals surface area contributed by atoms with Gasteiger partial charge in [-0.2, -0.15) is 0 Å². The normalized spacial score (nSPS) is 22.1. The Bertz CT molecular complexity index is 433. The van der Waals surface area contributed by atoms with Gasteiger partial charge < -0.3 is 14.8 Å². The van der Waals surface area contributed by atoms with Crippen molar-refractivity contribution >= 4 is 17.3 Å². The zero-order chi connectivity index (χ0) is 14.4. The average molecular weight is 297 g/mol. The summed E-state index contributed by atoms with van der Waals surface area (Å²) in [5, 5.41) is 3.50. The molecule has 5 heteroatoms. The highest BCUT2D eigenvalue weighted by Crippen LogP contribution is 2.23. The highest BCUT2D eigenvalue weighted by atomic mass is 32.1. The number of rotatable bonds is 7. The van der Waals surface area contributed by atoms with Crippen molar-refractivity contribution in [2.75, 3.05) is 20.3 Å². The minimum atomic E-state index is -0.180. The lowest BCUT2D eigenvalue weighted by Gasteiger charge is -2.16. The van der Waals surface area contributed by atoms with Crippen LogP contribution in [-0.2, 0) is 27.2 Å². The minimum Gasteiger partial charge on any atom is -0.469 e. The Balaban J connectivity index is 1.73. The summed E-state index contributed by atoms with van der Waals surface area (Å²) in [6.45, 7) is 4.94. The van der Waals surface area contributed by atoms with Crippen molar-refractivity contribution in [3.05, 3.63) is 21.9 Å². The van der Waals surface area contributed by atoms with Gasteiger partial charge in [-0.05, 0) is 30.9 Å². The van der Waals surface area contributed by atoms with Crippen molar-refractivity contribution in [1.82, 2.24) is 5.32 Å². The predicted octanol–water partition coefficient (Wildman–Crippen LogP) is 2.37. The molecule has 0 radical (unpaired) electrons. The monoisotopic (exact) mass is 297 g/mol. The van der Waals surface area contributed by atoms with E-state index in [0.29, 0.717) is 18.4 Å². The topological polar surface area (TPSA) is 47.6 Å². The van der Waals surface area contributed by atoms with Crippen molar-refractivity contribution in [2.24, 2.45) is 5.92 Å². The molecule has 1 aliphatic heterocycles. The van der Waals surface area contributed by atoms with Crippen molar-refractivity contribution in [1.29, 1.82) is 0 Å². The lowest BCUT2D eigenvalue weighted by atomic mass is 10.00. The molecular weight excluding hydrogens is 274 g/mol. The molecule has 4 nitrogen and oxygen atoms in total. The van der Waals surface area contributed by atoms with Crippen LogP contribution < -0.4 is 5.32 Å². The highest BCUT2D eigenvalue weighted by molar-refractivity contribution is 7.12. The van der Waals surface area contributed by atoms with Crippen LogP contribution in [0.1, 0.15) is 29.5 Å². The zero-order valence-electron chi connectivity index (χ0n) is 12.2. The molecule has 2 rings (SSSR count). The third-order valence-electron chi connectivity index (χ3n) is 3.72. The fourth-order valence-corrected chi connectivity index (χ4v) is 3.56. The zero-order valence-corrected chi connectivity index (χ0v) is 13.0. The van der Waals surface area contributed by atoms with E-state index in [-0.39, 0.29) is 5.97 Å². The first kappa shape index (κ1) is 15.5. The maximum atomic E-state index is 11.2. The second-order valence-electron chi connectivity index (χ2n) is 5.12. The van der Waals surface area contributed by atoms with Gasteiger partial charge in [0.1, 0.15) is 0 Å². The van der Waals surface area contributed by atoms with Gasteiger partial charge >= 0.3 is 5.97 Å². The maximum Gasteiger partial charge on any atom is 0.310 e. The Morgan fingerprint density at radius 2 is 2.30 bits per heavy atom. The van der Waals surface area contributed by atoms with Crippen LogP contribution in [-0.4, -0.2) is 32.3 Å². The fraction of sp³-hybridized carbons (Fsp3) is 0.667. The largest absolute Gasteiger partial charge is 0.469 e. The molecule has 0 spiro atoms. The van der Waals surface area contributed by atoms with Crippen molar-refractivity contribution in [3.63, 3.8) is 0 Å². The fourth-order valence-electron chi connectivity index (χ4n) is 2.58. The van der Waals surface area contributed by atoms with Gasteiger partial charge in [-0.15, -0.1) is 11.3 Å². The molecule has 2 heterocycles. The molecule has 0 aromatic carbocycles. The lowest BCUT2D eigenvalue weighted by Crippen LogP contribution is -2.27. The summed E-state index contributed by atoms with van der Waals surface area (Å²) >= 11 is 1.67. The van der Waals surface area contributed by atoms with Gasteiger partial charge in [-0.25, -0.2) is 0 Å². The van der Waals surface area contributed by atoms with E-state index in [9.17, 15) is 4.79 Å². The number of ether oxygens (including phenoxy) is 2. The molecule has 1 aromatic heterocycles. The van der Waals surface area contributed by atoms with Gasteiger partial charge in [0.2, 0.25) is 0 Å². The average Bonchev–Trinajstić information content (AvgIpc) is 3.08. The number of carbonyl (C=O) groups excluding carboxylic acids is 1. The first-order chi connectivity index (χ1) is 9.72. The molecule has 0 aliphatic carbocycles. The Labute approximate surface area is 124 Å². The molecule has 0 bridgehead atoms. The molecular formula is C15H23NO3S. The van der Waals surface area contributed by atoms with Gasteiger partial charge in [-0.3, -0.25) is 4.79 Å². The lowest BCUT2D eigenvalue weighted by molar-refractivity contribution is -0.139. The van der Waals surface area contributed by atoms with Crippen LogP contribution in [0, 0.1) is 5.92 Å². The second kappa shape index (κ2) is 7.76. The molecule has 1 N–H and O–H groups in total. The number of thiophene rings is 1. The van der Waals surface area contributed by atoms with Crippen molar-refractivity contribution < 1.29 is 14.3 Å². The molecule has 0 amide bonds. The van der Waals surface area contributed by atoms with Gasteiger partial charge in [-0.1, -0.05) is 6.92 Å². The smallest absolute Gasteiger partial charge is 0.310 e. The van der Waals surface area contributed by atoms with E-state index >= 15 is 0 Å². The summed E-state index contributed by atoms with van der Waals surface area (Å²) in [5.74, 6) is 0.453. The van der Waals surface area contributed by atoms with E-state index in [1.807, 2.05) is 6.07 Å². The van der Waals surface area contributed by atoms with E-state index in [1.165, 1.54) is 12.0 Å². The number of carbonyl (C=O) groups is 1. The van der Waals surface area contributed by atoms with Crippen LogP contribution in [0.4, 0.5) is 0 Å².